The highest BCUT2D eigenvalue weighted by molar-refractivity contribution is 6.01. The number of fused-ring (bicyclic) bond motifs is 1. The van der Waals surface area contributed by atoms with Gasteiger partial charge in [-0.1, -0.05) is 34.6 Å². The number of allylic oxidation sites excluding steroid dienone is 1. The molecular formula is C47H80FN13O7. The lowest BCUT2D eigenvalue weighted by Gasteiger charge is -2.45. The molecule has 5 atom stereocenters. The van der Waals surface area contributed by atoms with Crippen molar-refractivity contribution in [3.63, 3.8) is 0 Å². The maximum atomic E-state index is 14.3. The van der Waals surface area contributed by atoms with Crippen LogP contribution in [0.4, 0.5) is 16.2 Å². The summed E-state index contributed by atoms with van der Waals surface area (Å²) in [6.07, 6.45) is 8.08. The van der Waals surface area contributed by atoms with E-state index in [4.69, 9.17) is 15.4 Å². The molecule has 2 aromatic heterocycles. The summed E-state index contributed by atoms with van der Waals surface area (Å²) in [5.41, 5.74) is 1.75. The summed E-state index contributed by atoms with van der Waals surface area (Å²) in [4.78, 5) is 74.1. The second kappa shape index (κ2) is 26.7. The molecule has 0 aliphatic carbocycles. The fourth-order valence-corrected chi connectivity index (χ4v) is 9.18. The van der Waals surface area contributed by atoms with Crippen molar-refractivity contribution in [1.82, 2.24) is 49.8 Å². The minimum atomic E-state index is -1.00. The van der Waals surface area contributed by atoms with E-state index in [1.54, 1.807) is 12.5 Å². The molecule has 4 heterocycles. The number of rotatable bonds is 24. The van der Waals surface area contributed by atoms with Crippen LogP contribution < -0.4 is 20.9 Å². The normalized spacial score (nSPS) is 22.2. The average molecular weight is 958 g/mol. The van der Waals surface area contributed by atoms with Gasteiger partial charge in [0.15, 0.2) is 17.0 Å². The number of carbonyl (C=O) groups is 4. The Morgan fingerprint density at radius 2 is 1.25 bits per heavy atom. The molecule has 2 aromatic rings. The summed E-state index contributed by atoms with van der Waals surface area (Å²) in [7, 11) is 0. The minimum Gasteiger partial charge on any atom is -0.480 e. The number of carboxylic acids is 3. The van der Waals surface area contributed by atoms with Crippen LogP contribution in [-0.4, -0.2) is 193 Å². The molecule has 7 N–H and O–H groups in total. The second-order valence-corrected chi connectivity index (χ2v) is 19.2. The van der Waals surface area contributed by atoms with Crippen LogP contribution in [0.1, 0.15) is 113 Å². The first kappa shape index (κ1) is 55.6. The molecule has 21 heteroatoms. The molecule has 68 heavy (non-hydrogen) atoms. The van der Waals surface area contributed by atoms with E-state index < -0.39 is 24.1 Å². The highest BCUT2D eigenvalue weighted by atomic mass is 19.1. The molecule has 1 amide bonds. The second-order valence-electron chi connectivity index (χ2n) is 19.2. The lowest BCUT2D eigenvalue weighted by molar-refractivity contribution is -0.143. The quantitative estimate of drug-likeness (QED) is 0.0573. The Hall–Kier alpha value is -4.99. The third-order valence-electron chi connectivity index (χ3n) is 13.1. The van der Waals surface area contributed by atoms with Gasteiger partial charge in [-0.25, -0.2) is 9.37 Å². The predicted molar refractivity (Wildman–Crippen MR) is 262 cm³/mol. The van der Waals surface area contributed by atoms with E-state index in [-0.39, 0.29) is 68.3 Å². The number of carbonyl (C=O) groups excluding carboxylic acids is 1. The largest absolute Gasteiger partial charge is 0.480 e. The third kappa shape index (κ3) is 16.3. The van der Waals surface area contributed by atoms with Crippen molar-refractivity contribution < 1.29 is 38.9 Å². The van der Waals surface area contributed by atoms with E-state index in [0.717, 1.165) is 19.3 Å². The van der Waals surface area contributed by atoms with Gasteiger partial charge in [-0.05, 0) is 78.6 Å². The first-order valence-electron chi connectivity index (χ1n) is 24.6. The SMILES string of the molecule is CCC(=N)/C(=C\NCCCCCNC(=O)CN1C[C@H](CC)N(CC(=O)O)C[C@H](CC)N(CC(=O)O)C[C@H](CC)N(CC(=O)O)C[C@@H]1CC)Nc1nc(N2CC[C@H](F)C2)nc2c1ncn2C(C)(C)C. The van der Waals surface area contributed by atoms with Gasteiger partial charge in [0.1, 0.15) is 6.17 Å². The van der Waals surface area contributed by atoms with E-state index in [1.807, 2.05) is 58.8 Å². The van der Waals surface area contributed by atoms with Crippen molar-refractivity contribution in [1.29, 1.82) is 5.41 Å². The van der Waals surface area contributed by atoms with E-state index >= 15 is 0 Å². The Labute approximate surface area is 401 Å². The van der Waals surface area contributed by atoms with Crippen LogP contribution in [0.25, 0.3) is 11.2 Å². The number of carboxylic acid groups (broad SMARTS) is 3. The van der Waals surface area contributed by atoms with Crippen LogP contribution in [0.5, 0.6) is 0 Å². The summed E-state index contributed by atoms with van der Waals surface area (Å²) in [6, 6.07) is -1.10. The van der Waals surface area contributed by atoms with Gasteiger partial charge in [-0.3, -0.25) is 38.8 Å². The van der Waals surface area contributed by atoms with Gasteiger partial charge < -0.3 is 46.1 Å². The van der Waals surface area contributed by atoms with Crippen LogP contribution in [0, 0.1) is 5.41 Å². The molecule has 2 fully saturated rings. The molecule has 4 rings (SSSR count). The molecule has 0 aromatic carbocycles. The maximum absolute atomic E-state index is 14.3. The lowest BCUT2D eigenvalue weighted by atomic mass is 10.0. The van der Waals surface area contributed by atoms with Crippen molar-refractivity contribution in [2.45, 2.75) is 149 Å². The van der Waals surface area contributed by atoms with Crippen LogP contribution in [-0.2, 0) is 24.7 Å². The molecule has 2 saturated heterocycles. The number of hydrogen-bond acceptors (Lipinski definition) is 15. The zero-order valence-corrected chi connectivity index (χ0v) is 41.8. The topological polar surface area (TPSA) is 249 Å². The molecule has 0 spiro atoms. The Morgan fingerprint density at radius 3 is 1.69 bits per heavy atom. The lowest BCUT2D eigenvalue weighted by Crippen LogP contribution is -2.60. The number of halogens is 1. The van der Waals surface area contributed by atoms with Crippen molar-refractivity contribution in [2.75, 3.05) is 88.8 Å². The molecule has 382 valence electrons. The molecule has 2 aliphatic heterocycles. The standard InChI is InChI=1S/C47H80FN13O7/c1-9-33-24-58(28-40(63)64)35(11-3)26-60(30-42(67)68)36(12-4)25-59(29-41(65)66)34(10-2)23-57(33)27-39(62)51-19-16-14-15-18-50-21-38(37(49)13-5)53-44-43-45(61(31-52-43)47(6,7)8)55-46(54-44)56-20-17-32(48)22-56/h21,31-36,49-50H,9-20,22-30H2,1-8H3,(H,51,62)(H,63,64)(H,65,66)(H,67,68)(H,53,54,55)/b38-21+,49-37?/t32-,33-,34-,35-,36-/m0/s1. The van der Waals surface area contributed by atoms with E-state index in [2.05, 4.69) is 46.6 Å². The summed E-state index contributed by atoms with van der Waals surface area (Å²) >= 11 is 0. The Kier molecular flexibility index (Phi) is 21.8. The summed E-state index contributed by atoms with van der Waals surface area (Å²) in [5.74, 6) is -2.31. The number of aromatic nitrogens is 4. The number of nitrogens with zero attached hydrogens (tertiary/aromatic N) is 9. The van der Waals surface area contributed by atoms with Crippen LogP contribution in [0.15, 0.2) is 18.2 Å². The molecule has 0 radical (unpaired) electrons. The van der Waals surface area contributed by atoms with Crippen molar-refractivity contribution in [2.24, 2.45) is 0 Å². The fraction of sp³-hybridized carbons (Fsp3) is 0.745. The predicted octanol–water partition coefficient (Wildman–Crippen LogP) is 4.28. The molecule has 0 bridgehead atoms. The van der Waals surface area contributed by atoms with Gasteiger partial charge in [-0.2, -0.15) is 9.97 Å². The fourth-order valence-electron chi connectivity index (χ4n) is 9.18. The Bertz CT molecular complexity index is 2000. The highest BCUT2D eigenvalue weighted by Gasteiger charge is 2.35. The van der Waals surface area contributed by atoms with Crippen molar-refractivity contribution >= 4 is 52.5 Å². The number of unbranched alkanes of at least 4 members (excludes halogenated alkanes) is 2. The molecule has 20 nitrogen and oxygen atoms in total. The highest BCUT2D eigenvalue weighted by Crippen LogP contribution is 2.30. The maximum Gasteiger partial charge on any atom is 0.317 e. The molecule has 0 unspecified atom stereocenters. The van der Waals surface area contributed by atoms with Gasteiger partial charge in [0.05, 0.1) is 50.5 Å². The van der Waals surface area contributed by atoms with E-state index in [0.29, 0.717) is 119 Å². The van der Waals surface area contributed by atoms with Crippen molar-refractivity contribution in [3.8, 4) is 0 Å². The number of imidazole rings is 1. The molecular weight excluding hydrogens is 878 g/mol. The van der Waals surface area contributed by atoms with Gasteiger partial charge in [0.2, 0.25) is 11.9 Å². The smallest absolute Gasteiger partial charge is 0.317 e. The molecule has 0 saturated carbocycles. The Morgan fingerprint density at radius 1 is 0.750 bits per heavy atom. The number of alkyl halides is 1. The number of anilines is 2. The zero-order valence-electron chi connectivity index (χ0n) is 41.8. The monoisotopic (exact) mass is 958 g/mol. The summed E-state index contributed by atoms with van der Waals surface area (Å²) < 4.78 is 16.2. The number of nitrogens with one attached hydrogen (secondary N) is 4. The summed E-state index contributed by atoms with van der Waals surface area (Å²) in [6.45, 7) is 18.4. The Balaban J connectivity index is 1.42. The van der Waals surface area contributed by atoms with Crippen LogP contribution >= 0.6 is 0 Å². The number of aliphatic carboxylic acids is 3. The third-order valence-corrected chi connectivity index (χ3v) is 13.1. The van der Waals surface area contributed by atoms with E-state index in [1.165, 1.54) is 0 Å². The first-order chi connectivity index (χ1) is 32.3. The van der Waals surface area contributed by atoms with E-state index in [9.17, 15) is 38.9 Å². The van der Waals surface area contributed by atoms with Crippen LogP contribution in [0.2, 0.25) is 0 Å². The molecule has 2 aliphatic rings. The van der Waals surface area contributed by atoms with Gasteiger partial charge in [0.25, 0.3) is 0 Å². The zero-order chi connectivity index (χ0) is 50.1. The number of amides is 1. The van der Waals surface area contributed by atoms with Crippen molar-refractivity contribution in [3.05, 3.63) is 18.2 Å². The first-order valence-corrected chi connectivity index (χ1v) is 24.6. The average Bonchev–Trinajstić information content (AvgIpc) is 3.93. The van der Waals surface area contributed by atoms with Gasteiger partial charge >= 0.3 is 17.9 Å². The van der Waals surface area contributed by atoms with Gasteiger partial charge in [0, 0.05) is 81.7 Å². The minimum absolute atomic E-state index is 0.0481. The van der Waals surface area contributed by atoms with Crippen LogP contribution in [0.3, 0.4) is 0 Å². The van der Waals surface area contributed by atoms with Gasteiger partial charge in [-0.15, -0.1) is 0 Å². The number of hydrogen-bond donors (Lipinski definition) is 7. The summed E-state index contributed by atoms with van der Waals surface area (Å²) in [5, 5.41) is 48.4.